The molecule has 5 rings (SSSR count). The van der Waals surface area contributed by atoms with Crippen molar-refractivity contribution < 1.29 is 23.8 Å². The second-order valence-electron chi connectivity index (χ2n) is 7.80. The van der Waals surface area contributed by atoms with Gasteiger partial charge < -0.3 is 14.3 Å². The maximum Gasteiger partial charge on any atom is 0.300 e. The number of rotatable bonds is 3. The van der Waals surface area contributed by atoms with Crippen molar-refractivity contribution in [1.82, 2.24) is 0 Å². The second-order valence-corrected chi connectivity index (χ2v) is 7.80. The van der Waals surface area contributed by atoms with E-state index in [4.69, 9.17) is 9.15 Å². The molecule has 2 aliphatic heterocycles. The van der Waals surface area contributed by atoms with Crippen LogP contribution in [0.2, 0.25) is 0 Å². The topological polar surface area (TPSA) is 80.0 Å². The van der Waals surface area contributed by atoms with Gasteiger partial charge in [0.15, 0.2) is 0 Å². The van der Waals surface area contributed by atoms with Gasteiger partial charge in [0, 0.05) is 11.3 Å². The van der Waals surface area contributed by atoms with Crippen LogP contribution in [0.4, 0.5) is 5.69 Å². The number of Topliss-reactive ketones (excluding diaryl/α,β-unsaturated/α-hetero) is 1. The summed E-state index contributed by atoms with van der Waals surface area (Å²) < 4.78 is 11.2. The van der Waals surface area contributed by atoms with Crippen molar-refractivity contribution in [1.29, 1.82) is 0 Å². The third-order valence-corrected chi connectivity index (χ3v) is 5.72. The summed E-state index contributed by atoms with van der Waals surface area (Å²) in [5.41, 5.74) is 2.98. The molecule has 0 aliphatic carbocycles. The molecule has 6 heteroatoms. The Morgan fingerprint density at radius 1 is 1.10 bits per heavy atom. The molecule has 0 radical (unpaired) electrons. The minimum absolute atomic E-state index is 0.0122. The molecule has 3 heterocycles. The molecule has 1 fully saturated rings. The van der Waals surface area contributed by atoms with E-state index >= 15 is 0 Å². The zero-order valence-corrected chi connectivity index (χ0v) is 17.0. The van der Waals surface area contributed by atoms with E-state index in [1.54, 1.807) is 30.3 Å². The predicted molar refractivity (Wildman–Crippen MR) is 115 cm³/mol. The number of aliphatic hydroxyl groups is 1. The van der Waals surface area contributed by atoms with Gasteiger partial charge in [0.05, 0.1) is 18.4 Å². The van der Waals surface area contributed by atoms with Crippen molar-refractivity contribution in [3.63, 3.8) is 0 Å². The van der Waals surface area contributed by atoms with Gasteiger partial charge in [-0.3, -0.25) is 14.5 Å². The Kier molecular flexibility index (Phi) is 4.62. The van der Waals surface area contributed by atoms with Gasteiger partial charge in [0.2, 0.25) is 0 Å². The molecule has 1 saturated heterocycles. The first kappa shape index (κ1) is 19.2. The Balaban J connectivity index is 1.68. The first-order valence-corrected chi connectivity index (χ1v) is 10.2. The van der Waals surface area contributed by atoms with Crippen LogP contribution in [0.15, 0.2) is 70.9 Å². The average molecular weight is 415 g/mol. The molecule has 1 unspecified atom stereocenters. The van der Waals surface area contributed by atoms with Crippen molar-refractivity contribution >= 4 is 23.1 Å². The summed E-state index contributed by atoms with van der Waals surface area (Å²) >= 11 is 0. The number of hydrogen-bond donors (Lipinski definition) is 1. The lowest BCUT2D eigenvalue weighted by Crippen LogP contribution is -2.29. The number of carbonyl (C=O) groups excluding carboxylic acids is 2. The molecular weight excluding hydrogens is 394 g/mol. The first-order chi connectivity index (χ1) is 15.0. The molecular formula is C25H21NO5. The molecule has 3 aromatic rings. The fraction of sp³-hybridized carbons (Fsp3) is 0.200. The molecule has 1 N–H and O–H groups in total. The van der Waals surface area contributed by atoms with Crippen molar-refractivity contribution in [2.24, 2.45) is 0 Å². The van der Waals surface area contributed by atoms with E-state index in [0.717, 1.165) is 29.7 Å². The highest BCUT2D eigenvalue weighted by Crippen LogP contribution is 2.42. The molecule has 2 aliphatic rings. The fourth-order valence-electron chi connectivity index (χ4n) is 4.26. The van der Waals surface area contributed by atoms with Crippen LogP contribution in [-0.2, 0) is 16.0 Å². The molecule has 1 atom stereocenters. The number of aryl methyl sites for hydroxylation is 2. The monoisotopic (exact) mass is 415 g/mol. The highest BCUT2D eigenvalue weighted by Gasteiger charge is 2.48. The molecule has 0 bridgehead atoms. The molecule has 0 saturated carbocycles. The van der Waals surface area contributed by atoms with Gasteiger partial charge in [0.25, 0.3) is 11.7 Å². The molecule has 2 aromatic carbocycles. The lowest BCUT2D eigenvalue weighted by Gasteiger charge is -2.24. The number of nitrogens with zero attached hydrogens (tertiary/aromatic N) is 1. The third kappa shape index (κ3) is 3.20. The van der Waals surface area contributed by atoms with Crippen LogP contribution in [0.3, 0.4) is 0 Å². The lowest BCUT2D eigenvalue weighted by molar-refractivity contribution is -0.132. The second kappa shape index (κ2) is 7.47. The number of ketones is 1. The number of benzene rings is 2. The van der Waals surface area contributed by atoms with Gasteiger partial charge in [-0.2, -0.15) is 0 Å². The predicted octanol–water partition coefficient (Wildman–Crippen LogP) is 4.54. The zero-order valence-electron chi connectivity index (χ0n) is 17.0. The smallest absolute Gasteiger partial charge is 0.300 e. The van der Waals surface area contributed by atoms with Gasteiger partial charge in [-0.1, -0.05) is 12.1 Å². The summed E-state index contributed by atoms with van der Waals surface area (Å²) in [5, 5.41) is 11.2. The van der Waals surface area contributed by atoms with Crippen LogP contribution in [-0.4, -0.2) is 23.4 Å². The maximum absolute atomic E-state index is 13.1. The summed E-state index contributed by atoms with van der Waals surface area (Å²) in [5.74, 6) is -0.471. The fourth-order valence-corrected chi connectivity index (χ4v) is 4.26. The summed E-state index contributed by atoms with van der Waals surface area (Å²) in [6.07, 6.45) is 3.21. The number of ether oxygens (including phenoxy) is 1. The molecule has 1 amide bonds. The Morgan fingerprint density at radius 2 is 1.97 bits per heavy atom. The Morgan fingerprint density at radius 3 is 2.74 bits per heavy atom. The van der Waals surface area contributed by atoms with E-state index in [9.17, 15) is 14.7 Å². The van der Waals surface area contributed by atoms with Crippen LogP contribution >= 0.6 is 0 Å². The van der Waals surface area contributed by atoms with Crippen molar-refractivity contribution in [3.05, 3.63) is 88.9 Å². The highest BCUT2D eigenvalue weighted by atomic mass is 16.5. The van der Waals surface area contributed by atoms with Gasteiger partial charge in [-0.05, 0) is 73.4 Å². The minimum Gasteiger partial charge on any atom is -0.507 e. The SMILES string of the molecule is Cc1cccc(N2C(=O)C(=O)/C(=C(\O)c3ccc4c(c3)CCCO4)C2c2ccco2)c1. The zero-order chi connectivity index (χ0) is 21.5. The first-order valence-electron chi connectivity index (χ1n) is 10.2. The Hall–Kier alpha value is -3.80. The third-order valence-electron chi connectivity index (χ3n) is 5.72. The van der Waals surface area contributed by atoms with Crippen LogP contribution in [0.25, 0.3) is 5.76 Å². The van der Waals surface area contributed by atoms with E-state index < -0.39 is 17.7 Å². The minimum atomic E-state index is -0.857. The maximum atomic E-state index is 13.1. The molecule has 31 heavy (non-hydrogen) atoms. The molecule has 156 valence electrons. The van der Waals surface area contributed by atoms with E-state index in [1.807, 2.05) is 31.2 Å². The van der Waals surface area contributed by atoms with Crippen molar-refractivity contribution in [2.75, 3.05) is 11.5 Å². The largest absolute Gasteiger partial charge is 0.507 e. The van der Waals surface area contributed by atoms with Crippen LogP contribution in [0, 0.1) is 6.92 Å². The number of aliphatic hydroxyl groups excluding tert-OH is 1. The van der Waals surface area contributed by atoms with E-state index in [2.05, 4.69) is 0 Å². The Bertz CT molecular complexity index is 1210. The van der Waals surface area contributed by atoms with Gasteiger partial charge in [0.1, 0.15) is 23.3 Å². The summed E-state index contributed by atoms with van der Waals surface area (Å²) in [6, 6.07) is 15.2. The molecule has 0 spiro atoms. The van der Waals surface area contributed by atoms with Crippen LogP contribution in [0.1, 0.15) is 34.9 Å². The van der Waals surface area contributed by atoms with Crippen molar-refractivity contribution in [3.8, 4) is 5.75 Å². The number of amides is 1. The van der Waals surface area contributed by atoms with Crippen molar-refractivity contribution in [2.45, 2.75) is 25.8 Å². The lowest BCUT2D eigenvalue weighted by atomic mass is 9.96. The van der Waals surface area contributed by atoms with E-state index in [-0.39, 0.29) is 11.3 Å². The van der Waals surface area contributed by atoms with Gasteiger partial charge in [-0.15, -0.1) is 0 Å². The number of furan rings is 1. The standard InChI is InChI=1S/C25H21NO5/c1-15-5-2-7-18(13-15)26-22(20-8-4-12-31-20)21(24(28)25(26)29)23(27)17-9-10-19-16(14-17)6-3-11-30-19/h2,4-5,7-10,12-14,22,27H,3,6,11H2,1H3/b23-21-. The normalized spacial score (nSPS) is 19.9. The highest BCUT2D eigenvalue weighted by molar-refractivity contribution is 6.51. The quantitative estimate of drug-likeness (QED) is 0.386. The van der Waals surface area contributed by atoms with Crippen LogP contribution < -0.4 is 9.64 Å². The number of anilines is 1. The van der Waals surface area contributed by atoms with E-state index in [0.29, 0.717) is 23.6 Å². The molecule has 6 nitrogen and oxygen atoms in total. The number of hydrogen-bond acceptors (Lipinski definition) is 5. The summed E-state index contributed by atoms with van der Waals surface area (Å²) in [7, 11) is 0. The number of fused-ring (bicyclic) bond motifs is 1. The van der Waals surface area contributed by atoms with Crippen LogP contribution in [0.5, 0.6) is 5.75 Å². The number of carbonyl (C=O) groups is 2. The van der Waals surface area contributed by atoms with E-state index in [1.165, 1.54) is 11.2 Å². The summed E-state index contributed by atoms with van der Waals surface area (Å²) in [4.78, 5) is 27.6. The average Bonchev–Trinajstić information content (AvgIpc) is 3.40. The van der Waals surface area contributed by atoms with Gasteiger partial charge in [-0.25, -0.2) is 0 Å². The Labute approximate surface area is 179 Å². The van der Waals surface area contributed by atoms with Gasteiger partial charge >= 0.3 is 0 Å². The molecule has 1 aromatic heterocycles. The summed E-state index contributed by atoms with van der Waals surface area (Å²) in [6.45, 7) is 2.58.